The lowest BCUT2D eigenvalue weighted by Gasteiger charge is -2.18. The molecule has 0 fully saturated rings. The van der Waals surface area contributed by atoms with Crippen molar-refractivity contribution in [3.63, 3.8) is 0 Å². The topological polar surface area (TPSA) is 75.8 Å². The summed E-state index contributed by atoms with van der Waals surface area (Å²) in [5.74, 6) is -0.499. The maximum absolute atomic E-state index is 10.7. The van der Waals surface area contributed by atoms with Gasteiger partial charge in [0, 0.05) is 13.2 Å². The highest BCUT2D eigenvalue weighted by Crippen LogP contribution is 2.14. The van der Waals surface area contributed by atoms with Crippen LogP contribution in [0.2, 0.25) is 0 Å². The van der Waals surface area contributed by atoms with Crippen LogP contribution >= 0.6 is 0 Å². The van der Waals surface area contributed by atoms with E-state index in [1.165, 1.54) is 0 Å². The third kappa shape index (κ3) is 2.02. The van der Waals surface area contributed by atoms with Crippen molar-refractivity contribution in [3.8, 4) is 0 Å². The second-order valence-electron chi connectivity index (χ2n) is 2.55. The van der Waals surface area contributed by atoms with E-state index in [-0.39, 0.29) is 0 Å². The van der Waals surface area contributed by atoms with E-state index in [0.29, 0.717) is 11.3 Å². The normalized spacial score (nSPS) is 18.7. The van der Waals surface area contributed by atoms with E-state index in [0.717, 1.165) is 6.20 Å². The lowest BCUT2D eigenvalue weighted by molar-refractivity contribution is -0.114. The number of carbonyl (C=O) groups excluding carboxylic acids is 1. The summed E-state index contributed by atoms with van der Waals surface area (Å²) in [5, 5.41) is 2.63. The lowest BCUT2D eigenvalue weighted by Crippen LogP contribution is -2.20. The third-order valence-electron chi connectivity index (χ3n) is 1.64. The van der Waals surface area contributed by atoms with Gasteiger partial charge in [-0.15, -0.1) is 4.91 Å². The van der Waals surface area contributed by atoms with E-state index in [1.807, 2.05) is 0 Å². The van der Waals surface area contributed by atoms with Gasteiger partial charge in [0.1, 0.15) is 0 Å². The van der Waals surface area contributed by atoms with Gasteiger partial charge in [0.25, 0.3) is 0 Å². The summed E-state index contributed by atoms with van der Waals surface area (Å²) in [6, 6.07) is 0. The largest absolute Gasteiger partial charge is 0.366 e. The van der Waals surface area contributed by atoms with Crippen LogP contribution in [-0.4, -0.2) is 17.9 Å². The van der Waals surface area contributed by atoms with Crippen molar-refractivity contribution in [2.24, 2.45) is 10.9 Å². The van der Waals surface area contributed by atoms with E-state index < -0.39 is 5.91 Å². The van der Waals surface area contributed by atoms with Crippen LogP contribution in [0.3, 0.4) is 0 Å². The van der Waals surface area contributed by atoms with Gasteiger partial charge in [-0.1, -0.05) is 0 Å². The van der Waals surface area contributed by atoms with Crippen LogP contribution in [0, 0.1) is 4.91 Å². The van der Waals surface area contributed by atoms with E-state index in [4.69, 9.17) is 5.73 Å². The van der Waals surface area contributed by atoms with Crippen molar-refractivity contribution in [2.75, 3.05) is 7.05 Å². The fourth-order valence-electron chi connectivity index (χ4n) is 0.953. The van der Waals surface area contributed by atoms with Crippen molar-refractivity contribution < 1.29 is 4.79 Å². The fraction of sp³-hybridized carbons (Fsp3) is 0.125. The quantitative estimate of drug-likeness (QED) is 0.626. The summed E-state index contributed by atoms with van der Waals surface area (Å²) in [6.45, 7) is 0. The Bertz CT molecular complexity index is 328. The number of amides is 1. The third-order valence-corrected chi connectivity index (χ3v) is 1.64. The van der Waals surface area contributed by atoms with Gasteiger partial charge in [-0.05, 0) is 17.3 Å². The van der Waals surface area contributed by atoms with E-state index in [9.17, 15) is 9.70 Å². The minimum atomic E-state index is -0.499. The summed E-state index contributed by atoms with van der Waals surface area (Å²) in [5.41, 5.74) is 6.06. The predicted molar refractivity (Wildman–Crippen MR) is 48.1 cm³/mol. The number of rotatable bonds is 2. The van der Waals surface area contributed by atoms with Crippen LogP contribution in [0.4, 0.5) is 0 Å². The molecule has 68 valence electrons. The number of likely N-dealkylation sites (N-methyl/N-ethyl adjacent to an activating group) is 1. The Labute approximate surface area is 75.2 Å². The summed E-state index contributed by atoms with van der Waals surface area (Å²) in [7, 11) is 1.70. The highest BCUT2D eigenvalue weighted by molar-refractivity contribution is 5.95. The molecule has 0 radical (unpaired) electrons. The van der Waals surface area contributed by atoms with Gasteiger partial charge in [0.2, 0.25) is 5.91 Å². The molecular formula is C8H9N3O2. The Morgan fingerprint density at radius 3 is 2.77 bits per heavy atom. The molecule has 0 aromatic rings. The number of nitrogens with two attached hydrogens (primary N) is 1. The van der Waals surface area contributed by atoms with Crippen LogP contribution in [0.25, 0.3) is 0 Å². The van der Waals surface area contributed by atoms with Gasteiger partial charge >= 0.3 is 0 Å². The zero-order valence-corrected chi connectivity index (χ0v) is 7.10. The summed E-state index contributed by atoms with van der Waals surface area (Å²) >= 11 is 0. The summed E-state index contributed by atoms with van der Waals surface area (Å²) in [4.78, 5) is 22.3. The molecule has 0 spiro atoms. The van der Waals surface area contributed by atoms with Crippen molar-refractivity contribution in [3.05, 3.63) is 40.7 Å². The van der Waals surface area contributed by atoms with Crippen molar-refractivity contribution in [1.82, 2.24) is 4.90 Å². The van der Waals surface area contributed by atoms with Gasteiger partial charge < -0.3 is 10.6 Å². The number of allylic oxidation sites excluding steroid dienone is 1. The molecule has 0 aromatic heterocycles. The molecule has 1 heterocycles. The molecule has 5 nitrogen and oxygen atoms in total. The maximum Gasteiger partial charge on any atom is 0.250 e. The van der Waals surface area contributed by atoms with Crippen molar-refractivity contribution >= 4 is 5.91 Å². The number of primary amides is 1. The van der Waals surface area contributed by atoms with Gasteiger partial charge in [-0.2, -0.15) is 0 Å². The van der Waals surface area contributed by atoms with Gasteiger partial charge in [0.05, 0.1) is 17.5 Å². The molecule has 0 saturated heterocycles. The number of nitroso groups, excluding NO2 is 1. The van der Waals surface area contributed by atoms with Gasteiger partial charge in [0.15, 0.2) is 0 Å². The van der Waals surface area contributed by atoms with Crippen LogP contribution < -0.4 is 5.73 Å². The maximum atomic E-state index is 10.7. The fourth-order valence-corrected chi connectivity index (χ4v) is 0.953. The minimum Gasteiger partial charge on any atom is -0.366 e. The second kappa shape index (κ2) is 3.66. The molecule has 1 rings (SSSR count). The molecule has 2 N–H and O–H groups in total. The molecular weight excluding hydrogens is 170 g/mol. The van der Waals surface area contributed by atoms with Crippen LogP contribution in [0.15, 0.2) is 41.0 Å². The van der Waals surface area contributed by atoms with E-state index in [1.54, 1.807) is 30.3 Å². The first-order valence-electron chi connectivity index (χ1n) is 3.60. The average Bonchev–Trinajstić information content (AvgIpc) is 2.08. The second-order valence-corrected chi connectivity index (χ2v) is 2.55. The first-order valence-corrected chi connectivity index (χ1v) is 3.60. The molecule has 0 bridgehead atoms. The average molecular weight is 179 g/mol. The molecule has 1 amide bonds. The molecule has 0 aliphatic carbocycles. The highest BCUT2D eigenvalue weighted by atomic mass is 16.2. The predicted octanol–water partition coefficient (Wildman–Crippen LogP) is 0.465. The van der Waals surface area contributed by atoms with Gasteiger partial charge in [-0.25, -0.2) is 0 Å². The monoisotopic (exact) mass is 179 g/mol. The number of hydrogen-bond donors (Lipinski definition) is 1. The molecule has 5 heteroatoms. The Morgan fingerprint density at radius 2 is 2.31 bits per heavy atom. The SMILES string of the molecule is CN1C=C(C(N)=O)C=C/C1=C\N=O. The summed E-state index contributed by atoms with van der Waals surface area (Å²) < 4.78 is 0. The van der Waals surface area contributed by atoms with Gasteiger partial charge in [-0.3, -0.25) is 4.79 Å². The molecule has 0 saturated carbocycles. The smallest absolute Gasteiger partial charge is 0.250 e. The molecule has 13 heavy (non-hydrogen) atoms. The Morgan fingerprint density at radius 1 is 1.62 bits per heavy atom. The first-order chi connectivity index (χ1) is 6.15. The van der Waals surface area contributed by atoms with E-state index >= 15 is 0 Å². The molecule has 0 atom stereocenters. The number of nitrogens with zero attached hydrogens (tertiary/aromatic N) is 2. The van der Waals surface area contributed by atoms with Crippen LogP contribution in [0.1, 0.15) is 0 Å². The molecule has 0 aromatic carbocycles. The standard InChI is InChI=1S/C8H9N3O2/c1-11-5-6(8(9)12)2-3-7(11)4-10-13/h2-5H,1H3,(H2,9,12)/b7-4+. The Hall–Kier alpha value is -1.91. The molecule has 1 aliphatic rings. The zero-order chi connectivity index (χ0) is 9.84. The summed E-state index contributed by atoms with van der Waals surface area (Å²) in [6.07, 6.45) is 5.84. The lowest BCUT2D eigenvalue weighted by atomic mass is 10.2. The number of hydrogen-bond acceptors (Lipinski definition) is 4. The Kier molecular flexibility index (Phi) is 2.59. The number of carbonyl (C=O) groups is 1. The van der Waals surface area contributed by atoms with Crippen molar-refractivity contribution in [1.29, 1.82) is 0 Å². The molecule has 0 unspecified atom stereocenters. The Balaban J connectivity index is 2.91. The zero-order valence-electron chi connectivity index (χ0n) is 7.10. The van der Waals surface area contributed by atoms with Crippen molar-refractivity contribution in [2.45, 2.75) is 0 Å². The highest BCUT2D eigenvalue weighted by Gasteiger charge is 2.09. The molecule has 1 aliphatic heterocycles. The van der Waals surface area contributed by atoms with Crippen LogP contribution in [0.5, 0.6) is 0 Å². The first kappa shape index (κ1) is 9.18. The van der Waals surface area contributed by atoms with E-state index in [2.05, 4.69) is 5.18 Å². The van der Waals surface area contributed by atoms with Crippen LogP contribution in [-0.2, 0) is 4.79 Å². The minimum absolute atomic E-state index is 0.394.